The molecule has 1 heterocycles. The fraction of sp³-hybridized carbons (Fsp3) is 0.429. The molecule has 18 heavy (non-hydrogen) atoms. The van der Waals surface area contributed by atoms with Crippen molar-refractivity contribution in [2.45, 2.75) is 38.6 Å². The monoisotopic (exact) mass is 263 g/mol. The Morgan fingerprint density at radius 1 is 1.22 bits per heavy atom. The van der Waals surface area contributed by atoms with E-state index in [0.717, 1.165) is 24.6 Å². The fourth-order valence-electron chi connectivity index (χ4n) is 2.13. The Balaban J connectivity index is 2.35. The molecule has 1 aromatic heterocycles. The highest BCUT2D eigenvalue weighted by atomic mass is 35.5. The van der Waals surface area contributed by atoms with E-state index < -0.39 is 0 Å². The van der Waals surface area contributed by atoms with Gasteiger partial charge in [-0.25, -0.2) is 0 Å². The first-order chi connectivity index (χ1) is 8.77. The summed E-state index contributed by atoms with van der Waals surface area (Å²) in [6.07, 6.45) is 1.05. The van der Waals surface area contributed by atoms with Gasteiger partial charge in [-0.1, -0.05) is 44.2 Å². The molecule has 0 saturated heterocycles. The third-order valence-electron chi connectivity index (χ3n) is 3.11. The van der Waals surface area contributed by atoms with Crippen LogP contribution in [0.1, 0.15) is 43.4 Å². The Morgan fingerprint density at radius 2 is 1.94 bits per heavy atom. The molecule has 0 radical (unpaired) electrons. The lowest BCUT2D eigenvalue weighted by Gasteiger charge is -2.14. The van der Waals surface area contributed by atoms with Crippen LogP contribution in [-0.4, -0.2) is 14.8 Å². The summed E-state index contributed by atoms with van der Waals surface area (Å²) < 4.78 is 2.14. The van der Waals surface area contributed by atoms with Crippen LogP contribution in [0.5, 0.6) is 0 Å². The zero-order chi connectivity index (χ0) is 13.0. The quantitative estimate of drug-likeness (QED) is 0.772. The molecule has 4 heteroatoms. The third-order valence-corrected chi connectivity index (χ3v) is 3.35. The Labute approximate surface area is 113 Å². The Hall–Kier alpha value is -1.35. The lowest BCUT2D eigenvalue weighted by molar-refractivity contribution is 0.605. The molecular formula is C14H18ClN3. The Bertz CT molecular complexity index is 493. The second-order valence-corrected chi connectivity index (χ2v) is 4.66. The molecule has 0 amide bonds. The van der Waals surface area contributed by atoms with E-state index in [1.165, 1.54) is 5.56 Å². The van der Waals surface area contributed by atoms with Crippen LogP contribution in [0.3, 0.4) is 0 Å². The van der Waals surface area contributed by atoms with E-state index in [-0.39, 0.29) is 5.92 Å². The number of hydrogen-bond donors (Lipinski definition) is 0. The van der Waals surface area contributed by atoms with E-state index in [1.807, 2.05) is 6.07 Å². The van der Waals surface area contributed by atoms with Crippen molar-refractivity contribution in [3.05, 3.63) is 47.5 Å². The number of halogens is 1. The maximum absolute atomic E-state index is 5.91. The maximum atomic E-state index is 5.91. The molecule has 3 nitrogen and oxygen atoms in total. The van der Waals surface area contributed by atoms with E-state index in [4.69, 9.17) is 11.6 Å². The Morgan fingerprint density at radius 3 is 2.56 bits per heavy atom. The van der Waals surface area contributed by atoms with E-state index in [0.29, 0.717) is 5.88 Å². The minimum Gasteiger partial charge on any atom is -0.313 e. The van der Waals surface area contributed by atoms with Crippen molar-refractivity contribution in [2.24, 2.45) is 0 Å². The number of rotatable bonds is 5. The van der Waals surface area contributed by atoms with E-state index in [1.54, 1.807) is 0 Å². The normalized spacial score (nSPS) is 12.6. The van der Waals surface area contributed by atoms with Crippen molar-refractivity contribution in [1.29, 1.82) is 0 Å². The van der Waals surface area contributed by atoms with Gasteiger partial charge in [-0.15, -0.1) is 21.8 Å². The SMILES string of the molecule is CCCn1c(CCl)nnc1C(C)c1ccccc1. The topological polar surface area (TPSA) is 30.7 Å². The molecular weight excluding hydrogens is 246 g/mol. The zero-order valence-corrected chi connectivity index (χ0v) is 11.6. The summed E-state index contributed by atoms with van der Waals surface area (Å²) >= 11 is 5.91. The summed E-state index contributed by atoms with van der Waals surface area (Å²) in [4.78, 5) is 0. The molecule has 0 aliphatic heterocycles. The molecule has 0 bridgehead atoms. The first-order valence-corrected chi connectivity index (χ1v) is 6.84. The molecule has 0 spiro atoms. The van der Waals surface area contributed by atoms with Gasteiger partial charge in [0.1, 0.15) is 11.6 Å². The van der Waals surface area contributed by atoms with Crippen molar-refractivity contribution in [3.8, 4) is 0 Å². The highest BCUT2D eigenvalue weighted by molar-refractivity contribution is 6.16. The van der Waals surface area contributed by atoms with Gasteiger partial charge in [-0.3, -0.25) is 0 Å². The van der Waals surface area contributed by atoms with E-state index in [2.05, 4.69) is 52.9 Å². The second-order valence-electron chi connectivity index (χ2n) is 4.39. The minimum absolute atomic E-state index is 0.238. The van der Waals surface area contributed by atoms with E-state index >= 15 is 0 Å². The van der Waals surface area contributed by atoms with Gasteiger partial charge in [-0.05, 0) is 12.0 Å². The maximum Gasteiger partial charge on any atom is 0.147 e. The van der Waals surface area contributed by atoms with Gasteiger partial charge in [0.2, 0.25) is 0 Å². The molecule has 2 rings (SSSR count). The van der Waals surface area contributed by atoms with Crippen LogP contribution in [0.4, 0.5) is 0 Å². The molecule has 1 unspecified atom stereocenters. The highest BCUT2D eigenvalue weighted by Gasteiger charge is 2.17. The molecule has 0 saturated carbocycles. The predicted molar refractivity (Wildman–Crippen MR) is 73.8 cm³/mol. The molecule has 0 aliphatic rings. The molecule has 1 aromatic carbocycles. The van der Waals surface area contributed by atoms with Crippen molar-refractivity contribution >= 4 is 11.6 Å². The standard InChI is InChI=1S/C14H18ClN3/c1-3-9-18-13(10-15)16-17-14(18)11(2)12-7-5-4-6-8-12/h4-8,11H,3,9-10H2,1-2H3. The second kappa shape index (κ2) is 6.01. The van der Waals surface area contributed by atoms with Crippen molar-refractivity contribution in [3.63, 3.8) is 0 Å². The average Bonchev–Trinajstić information content (AvgIpc) is 2.82. The van der Waals surface area contributed by atoms with Crippen LogP contribution >= 0.6 is 11.6 Å². The summed E-state index contributed by atoms with van der Waals surface area (Å²) in [6.45, 7) is 5.22. The molecule has 1 atom stereocenters. The lowest BCUT2D eigenvalue weighted by atomic mass is 10.0. The lowest BCUT2D eigenvalue weighted by Crippen LogP contribution is -2.10. The first-order valence-electron chi connectivity index (χ1n) is 6.30. The third kappa shape index (κ3) is 2.56. The first kappa shape index (κ1) is 13.1. The molecule has 0 fully saturated rings. The number of nitrogens with zero attached hydrogens (tertiary/aromatic N) is 3. The average molecular weight is 264 g/mol. The molecule has 0 N–H and O–H groups in total. The van der Waals surface area contributed by atoms with Gasteiger partial charge in [-0.2, -0.15) is 0 Å². The van der Waals surface area contributed by atoms with Crippen LogP contribution in [0.25, 0.3) is 0 Å². The molecule has 96 valence electrons. The van der Waals surface area contributed by atoms with Crippen LogP contribution in [-0.2, 0) is 12.4 Å². The highest BCUT2D eigenvalue weighted by Crippen LogP contribution is 2.23. The number of benzene rings is 1. The largest absolute Gasteiger partial charge is 0.313 e. The summed E-state index contributed by atoms with van der Waals surface area (Å²) in [5, 5.41) is 8.49. The molecule has 0 aliphatic carbocycles. The van der Waals surface area contributed by atoms with Crippen molar-refractivity contribution in [2.75, 3.05) is 0 Å². The smallest absolute Gasteiger partial charge is 0.147 e. The molecule has 2 aromatic rings. The van der Waals surface area contributed by atoms with Crippen LogP contribution in [0.2, 0.25) is 0 Å². The van der Waals surface area contributed by atoms with Crippen LogP contribution < -0.4 is 0 Å². The van der Waals surface area contributed by atoms with Gasteiger partial charge in [0.05, 0.1) is 5.88 Å². The van der Waals surface area contributed by atoms with Crippen LogP contribution in [0.15, 0.2) is 30.3 Å². The summed E-state index contributed by atoms with van der Waals surface area (Å²) in [5.74, 6) is 2.51. The van der Waals surface area contributed by atoms with Crippen molar-refractivity contribution < 1.29 is 0 Å². The minimum atomic E-state index is 0.238. The summed E-state index contributed by atoms with van der Waals surface area (Å²) in [6, 6.07) is 10.4. The van der Waals surface area contributed by atoms with Gasteiger partial charge in [0.15, 0.2) is 0 Å². The number of alkyl halides is 1. The van der Waals surface area contributed by atoms with Gasteiger partial charge in [0.25, 0.3) is 0 Å². The van der Waals surface area contributed by atoms with Gasteiger partial charge < -0.3 is 4.57 Å². The fourth-order valence-corrected chi connectivity index (χ4v) is 2.32. The summed E-state index contributed by atoms with van der Waals surface area (Å²) in [7, 11) is 0. The Kier molecular flexibility index (Phi) is 4.37. The predicted octanol–water partition coefficient (Wildman–Crippen LogP) is 3.58. The van der Waals surface area contributed by atoms with E-state index in [9.17, 15) is 0 Å². The number of hydrogen-bond acceptors (Lipinski definition) is 2. The van der Waals surface area contributed by atoms with Crippen LogP contribution in [0, 0.1) is 0 Å². The van der Waals surface area contributed by atoms with Gasteiger partial charge >= 0.3 is 0 Å². The number of aromatic nitrogens is 3. The summed E-state index contributed by atoms with van der Waals surface area (Å²) in [5.41, 5.74) is 1.25. The zero-order valence-electron chi connectivity index (χ0n) is 10.8. The van der Waals surface area contributed by atoms with Gasteiger partial charge in [0, 0.05) is 12.5 Å². The van der Waals surface area contributed by atoms with Crippen molar-refractivity contribution in [1.82, 2.24) is 14.8 Å².